The number of amidine groups is 1. The van der Waals surface area contributed by atoms with Gasteiger partial charge in [0.05, 0.1) is 36.5 Å². The lowest BCUT2D eigenvalue weighted by molar-refractivity contribution is 0.0828. The summed E-state index contributed by atoms with van der Waals surface area (Å²) in [5.41, 5.74) is -1.37. The number of pyridine rings is 1. The summed E-state index contributed by atoms with van der Waals surface area (Å²) in [5.74, 6) is -2.85. The lowest BCUT2D eigenvalue weighted by Gasteiger charge is -2.20. The maximum absolute atomic E-state index is 15.0. The molecular weight excluding hydrogens is 464 g/mol. The number of halogens is 4. The molecule has 33 heavy (non-hydrogen) atoms. The summed E-state index contributed by atoms with van der Waals surface area (Å²) >= 11 is 0. The molecule has 1 aromatic carbocycles. The Morgan fingerprint density at radius 3 is 2.52 bits per heavy atom. The fourth-order valence-corrected chi connectivity index (χ4v) is 4.95. The SMILES string of the molecule is Cc1cnc([C@@H]2CC(N3C[C@@H](NS(C)(=O)=O)[C@@](C)(F)C3)=NO2)c(-c2c(F)cc(F)cc2F)c1. The van der Waals surface area contributed by atoms with Crippen LogP contribution < -0.4 is 4.72 Å². The predicted octanol–water partition coefficient (Wildman–Crippen LogP) is 3.21. The first-order chi connectivity index (χ1) is 15.3. The highest BCUT2D eigenvalue weighted by molar-refractivity contribution is 7.88. The van der Waals surface area contributed by atoms with Crippen LogP contribution in [0.3, 0.4) is 0 Å². The average Bonchev–Trinajstić information content (AvgIpc) is 3.25. The molecule has 1 N–H and O–H groups in total. The van der Waals surface area contributed by atoms with Crippen molar-refractivity contribution in [3.63, 3.8) is 0 Å². The second-order valence-corrected chi connectivity index (χ2v) is 10.4. The van der Waals surface area contributed by atoms with Crippen LogP contribution in [0.2, 0.25) is 0 Å². The first-order valence-corrected chi connectivity index (χ1v) is 12.0. The highest BCUT2D eigenvalue weighted by Gasteiger charge is 2.47. The molecule has 12 heteroatoms. The van der Waals surface area contributed by atoms with E-state index in [1.165, 1.54) is 19.2 Å². The van der Waals surface area contributed by atoms with Crippen molar-refractivity contribution >= 4 is 15.9 Å². The number of sulfonamides is 1. The van der Waals surface area contributed by atoms with Crippen molar-refractivity contribution in [2.24, 2.45) is 5.16 Å². The van der Waals surface area contributed by atoms with E-state index in [0.29, 0.717) is 23.5 Å². The van der Waals surface area contributed by atoms with Crippen molar-refractivity contribution < 1.29 is 30.8 Å². The van der Waals surface area contributed by atoms with Crippen LogP contribution in [0.4, 0.5) is 17.6 Å². The van der Waals surface area contributed by atoms with Gasteiger partial charge in [-0.3, -0.25) is 4.98 Å². The van der Waals surface area contributed by atoms with Gasteiger partial charge in [-0.1, -0.05) is 5.16 Å². The molecule has 2 aromatic rings. The Kier molecular flexibility index (Phi) is 5.85. The maximum atomic E-state index is 15.0. The van der Waals surface area contributed by atoms with Crippen LogP contribution in [0.1, 0.15) is 30.7 Å². The molecule has 0 spiro atoms. The predicted molar refractivity (Wildman–Crippen MR) is 113 cm³/mol. The largest absolute Gasteiger partial charge is 0.384 e. The van der Waals surface area contributed by atoms with E-state index < -0.39 is 50.9 Å². The average molecular weight is 486 g/mol. The number of rotatable bonds is 4. The molecule has 2 aliphatic heterocycles. The van der Waals surface area contributed by atoms with Crippen LogP contribution in [0.5, 0.6) is 0 Å². The van der Waals surface area contributed by atoms with E-state index in [1.54, 1.807) is 11.8 Å². The Bertz CT molecular complexity index is 1210. The monoisotopic (exact) mass is 486 g/mol. The highest BCUT2D eigenvalue weighted by Crippen LogP contribution is 2.38. The minimum Gasteiger partial charge on any atom is -0.384 e. The van der Waals surface area contributed by atoms with Crippen LogP contribution in [-0.2, 0) is 14.9 Å². The molecule has 0 unspecified atom stereocenters. The van der Waals surface area contributed by atoms with E-state index in [9.17, 15) is 26.0 Å². The molecule has 0 amide bonds. The molecule has 1 fully saturated rings. The molecule has 0 saturated carbocycles. The number of hydrogen-bond acceptors (Lipinski definition) is 6. The van der Waals surface area contributed by atoms with Crippen molar-refractivity contribution in [1.82, 2.24) is 14.6 Å². The first-order valence-electron chi connectivity index (χ1n) is 10.1. The maximum Gasteiger partial charge on any atom is 0.209 e. The second kappa shape index (κ2) is 8.24. The van der Waals surface area contributed by atoms with Crippen LogP contribution in [0.15, 0.2) is 29.6 Å². The minimum atomic E-state index is -3.63. The molecule has 4 rings (SSSR count). The number of oxime groups is 1. The summed E-state index contributed by atoms with van der Waals surface area (Å²) in [6.45, 7) is 2.90. The van der Waals surface area contributed by atoms with Crippen molar-refractivity contribution in [2.75, 3.05) is 19.3 Å². The lowest BCUT2D eigenvalue weighted by Crippen LogP contribution is -2.47. The topological polar surface area (TPSA) is 83.9 Å². The van der Waals surface area contributed by atoms with Crippen LogP contribution in [0.25, 0.3) is 11.1 Å². The molecule has 0 radical (unpaired) electrons. The van der Waals surface area contributed by atoms with Crippen molar-refractivity contribution in [2.45, 2.75) is 38.1 Å². The van der Waals surface area contributed by atoms with Crippen molar-refractivity contribution in [1.29, 1.82) is 0 Å². The number of nitrogens with zero attached hydrogens (tertiary/aromatic N) is 3. The van der Waals surface area contributed by atoms with Gasteiger partial charge in [-0.15, -0.1) is 0 Å². The van der Waals surface area contributed by atoms with Gasteiger partial charge in [0, 0.05) is 30.4 Å². The normalized spacial score (nSPS) is 25.3. The van der Waals surface area contributed by atoms with Gasteiger partial charge in [0.2, 0.25) is 10.0 Å². The minimum absolute atomic E-state index is 0.0321. The highest BCUT2D eigenvalue weighted by atomic mass is 32.2. The van der Waals surface area contributed by atoms with Gasteiger partial charge in [-0.25, -0.2) is 30.7 Å². The quantitative estimate of drug-likeness (QED) is 0.671. The van der Waals surface area contributed by atoms with E-state index in [0.717, 1.165) is 6.26 Å². The summed E-state index contributed by atoms with van der Waals surface area (Å²) in [6, 6.07) is 1.71. The zero-order valence-corrected chi connectivity index (χ0v) is 18.9. The fourth-order valence-electron chi connectivity index (χ4n) is 4.11. The van der Waals surface area contributed by atoms with Gasteiger partial charge in [-0.05, 0) is 25.5 Å². The Morgan fingerprint density at radius 2 is 1.88 bits per heavy atom. The number of hydrogen-bond donors (Lipinski definition) is 1. The van der Waals surface area contributed by atoms with Crippen LogP contribution >= 0.6 is 0 Å². The summed E-state index contributed by atoms with van der Waals surface area (Å²) in [4.78, 5) is 11.3. The number of aromatic nitrogens is 1. The third-order valence-electron chi connectivity index (χ3n) is 5.64. The van der Waals surface area contributed by atoms with E-state index in [4.69, 9.17) is 4.84 Å². The number of aryl methyl sites for hydroxylation is 1. The van der Waals surface area contributed by atoms with Crippen molar-refractivity contribution in [3.8, 4) is 11.1 Å². The third-order valence-corrected chi connectivity index (χ3v) is 6.35. The molecule has 0 aliphatic carbocycles. The summed E-state index contributed by atoms with van der Waals surface area (Å²) < 4.78 is 82.8. The molecule has 1 saturated heterocycles. The summed E-state index contributed by atoms with van der Waals surface area (Å²) in [5, 5.41) is 4.00. The van der Waals surface area contributed by atoms with E-state index in [-0.39, 0.29) is 30.8 Å². The van der Waals surface area contributed by atoms with Gasteiger partial charge in [0.25, 0.3) is 0 Å². The van der Waals surface area contributed by atoms with Crippen molar-refractivity contribution in [3.05, 3.63) is 53.1 Å². The molecule has 3 atom stereocenters. The second-order valence-electron chi connectivity index (χ2n) is 8.60. The molecule has 0 bridgehead atoms. The summed E-state index contributed by atoms with van der Waals surface area (Å²) in [7, 11) is -3.63. The summed E-state index contributed by atoms with van der Waals surface area (Å²) in [6.07, 6.45) is 1.75. The Labute approximate surface area is 188 Å². The lowest BCUT2D eigenvalue weighted by atomic mass is 9.97. The standard InChI is InChI=1S/C21H22F4N4O3S/c1-11-4-13(19-14(23)5-12(22)6-15(19)24)20(26-8-11)16-7-18(27-32-16)29-9-17(21(2,25)10-29)28-33(3,30)31/h4-6,8,16-17,28H,7,9-10H2,1-3H3/t16-,17+,21-/m0/s1. The van der Waals surface area contributed by atoms with E-state index in [2.05, 4.69) is 14.9 Å². The number of alkyl halides is 1. The molecule has 178 valence electrons. The van der Waals surface area contributed by atoms with Gasteiger partial charge < -0.3 is 9.74 Å². The Balaban J connectivity index is 1.60. The molecule has 2 aliphatic rings. The smallest absolute Gasteiger partial charge is 0.209 e. The van der Waals surface area contributed by atoms with Gasteiger partial charge in [0.1, 0.15) is 29.0 Å². The molecule has 1 aromatic heterocycles. The van der Waals surface area contributed by atoms with Gasteiger partial charge in [-0.2, -0.15) is 0 Å². The Morgan fingerprint density at radius 1 is 1.21 bits per heavy atom. The zero-order valence-electron chi connectivity index (χ0n) is 18.1. The fraction of sp³-hybridized carbons (Fsp3) is 0.429. The molecular formula is C21H22F4N4O3S. The van der Waals surface area contributed by atoms with Crippen LogP contribution in [-0.4, -0.2) is 55.2 Å². The first kappa shape index (κ1) is 23.4. The van der Waals surface area contributed by atoms with E-state index in [1.807, 2.05) is 0 Å². The van der Waals surface area contributed by atoms with Gasteiger partial charge in [0.15, 0.2) is 6.10 Å². The van der Waals surface area contributed by atoms with E-state index >= 15 is 0 Å². The Hall–Kier alpha value is -2.73. The van der Waals surface area contributed by atoms with Crippen LogP contribution in [0, 0.1) is 24.4 Å². The molecule has 7 nitrogen and oxygen atoms in total. The zero-order chi connectivity index (χ0) is 24.1. The third kappa shape index (κ3) is 4.81. The number of benzene rings is 1. The van der Waals surface area contributed by atoms with Gasteiger partial charge >= 0.3 is 0 Å². The number of nitrogens with one attached hydrogen (secondary N) is 1. The number of likely N-dealkylation sites (tertiary alicyclic amines) is 1. The molecule has 3 heterocycles.